The van der Waals surface area contributed by atoms with Crippen LogP contribution in [0.4, 0.5) is 0 Å². The minimum absolute atomic E-state index is 0.0388. The van der Waals surface area contributed by atoms with Crippen molar-refractivity contribution in [2.45, 2.75) is 45.2 Å². The molecule has 1 aromatic carbocycles. The molecule has 2 heterocycles. The highest BCUT2D eigenvalue weighted by molar-refractivity contribution is 5.75. The molecule has 0 unspecified atom stereocenters. The van der Waals surface area contributed by atoms with Gasteiger partial charge in [-0.05, 0) is 38.4 Å². The summed E-state index contributed by atoms with van der Waals surface area (Å²) in [5.41, 5.74) is 1.28. The van der Waals surface area contributed by atoms with Crippen LogP contribution in [-0.4, -0.2) is 40.0 Å². The number of amides is 1. The third kappa shape index (κ3) is 4.92. The zero-order valence-corrected chi connectivity index (χ0v) is 15.0. The van der Waals surface area contributed by atoms with Crippen molar-refractivity contribution >= 4 is 5.91 Å². The lowest BCUT2D eigenvalue weighted by Crippen LogP contribution is -2.39. The molecule has 1 N–H and O–H groups in total. The van der Waals surface area contributed by atoms with Crippen molar-refractivity contribution in [3.05, 3.63) is 54.1 Å². The summed E-state index contributed by atoms with van der Waals surface area (Å²) >= 11 is 0. The maximum Gasteiger partial charge on any atom is 0.240 e. The van der Waals surface area contributed by atoms with Gasteiger partial charge in [0.25, 0.3) is 0 Å². The maximum atomic E-state index is 12.4. The van der Waals surface area contributed by atoms with Crippen LogP contribution in [0.25, 0.3) is 0 Å². The van der Waals surface area contributed by atoms with Crippen molar-refractivity contribution in [2.24, 2.45) is 0 Å². The molecule has 1 aromatic heterocycles. The normalized spacial score (nSPS) is 17.0. The van der Waals surface area contributed by atoms with Gasteiger partial charge in [0, 0.05) is 18.9 Å². The average molecular weight is 340 g/mol. The van der Waals surface area contributed by atoms with E-state index < -0.39 is 0 Å². The highest BCUT2D eigenvalue weighted by atomic mass is 16.1. The van der Waals surface area contributed by atoms with E-state index in [-0.39, 0.29) is 11.9 Å². The number of carbonyl (C=O) groups excluding carboxylic acids is 1. The van der Waals surface area contributed by atoms with Crippen LogP contribution >= 0.6 is 0 Å². The lowest BCUT2D eigenvalue weighted by molar-refractivity contribution is -0.122. The lowest BCUT2D eigenvalue weighted by Gasteiger charge is -2.31. The number of aromatic nitrogens is 2. The van der Waals surface area contributed by atoms with Crippen LogP contribution in [0.15, 0.2) is 42.7 Å². The second kappa shape index (κ2) is 8.81. The summed E-state index contributed by atoms with van der Waals surface area (Å²) in [4.78, 5) is 19.1. The largest absolute Gasteiger partial charge is 0.353 e. The first-order valence-corrected chi connectivity index (χ1v) is 9.27. The quantitative estimate of drug-likeness (QED) is 0.880. The van der Waals surface area contributed by atoms with Crippen molar-refractivity contribution in [1.29, 1.82) is 0 Å². The smallest absolute Gasteiger partial charge is 0.240 e. The van der Waals surface area contributed by atoms with E-state index in [1.807, 2.05) is 23.8 Å². The van der Waals surface area contributed by atoms with Crippen LogP contribution in [-0.2, 0) is 11.3 Å². The van der Waals surface area contributed by atoms with Crippen molar-refractivity contribution in [3.8, 4) is 0 Å². The van der Waals surface area contributed by atoms with Crippen LogP contribution in [0.3, 0.4) is 0 Å². The summed E-state index contributed by atoms with van der Waals surface area (Å²) < 4.78 is 1.87. The molecule has 0 saturated carbocycles. The second-order valence-electron chi connectivity index (χ2n) is 6.78. The number of benzene rings is 1. The number of rotatable bonds is 6. The van der Waals surface area contributed by atoms with Gasteiger partial charge < -0.3 is 9.88 Å². The Morgan fingerprint density at radius 3 is 2.52 bits per heavy atom. The molecule has 134 valence electrons. The van der Waals surface area contributed by atoms with Crippen molar-refractivity contribution < 1.29 is 4.79 Å². The Labute approximate surface area is 150 Å². The zero-order chi connectivity index (χ0) is 17.5. The van der Waals surface area contributed by atoms with Gasteiger partial charge in [-0.3, -0.25) is 9.69 Å². The summed E-state index contributed by atoms with van der Waals surface area (Å²) in [6, 6.07) is 10.8. The van der Waals surface area contributed by atoms with Gasteiger partial charge in [0.15, 0.2) is 0 Å². The average Bonchev–Trinajstić information content (AvgIpc) is 2.87. The number of hydrogen-bond donors (Lipinski definition) is 1. The maximum absolute atomic E-state index is 12.4. The van der Waals surface area contributed by atoms with E-state index in [0.29, 0.717) is 13.1 Å². The highest BCUT2D eigenvalue weighted by Gasteiger charge is 2.22. The molecule has 1 fully saturated rings. The van der Waals surface area contributed by atoms with Gasteiger partial charge in [-0.15, -0.1) is 0 Å². The van der Waals surface area contributed by atoms with E-state index in [4.69, 9.17) is 0 Å². The number of hydrogen-bond acceptors (Lipinski definition) is 3. The van der Waals surface area contributed by atoms with Gasteiger partial charge in [0.1, 0.15) is 12.4 Å². The highest BCUT2D eigenvalue weighted by Crippen LogP contribution is 2.23. The van der Waals surface area contributed by atoms with Crippen LogP contribution in [0.2, 0.25) is 0 Å². The Hall–Kier alpha value is -2.14. The number of imidazole rings is 1. The Morgan fingerprint density at radius 1 is 1.16 bits per heavy atom. The fraction of sp³-hybridized carbons (Fsp3) is 0.500. The molecule has 0 radical (unpaired) electrons. The van der Waals surface area contributed by atoms with Gasteiger partial charge in [-0.1, -0.05) is 43.2 Å². The summed E-state index contributed by atoms with van der Waals surface area (Å²) in [6.07, 6.45) is 8.68. The van der Waals surface area contributed by atoms with E-state index >= 15 is 0 Å². The molecule has 5 heteroatoms. The minimum Gasteiger partial charge on any atom is -0.353 e. The molecule has 0 spiro atoms. The van der Waals surface area contributed by atoms with E-state index in [2.05, 4.69) is 39.5 Å². The lowest BCUT2D eigenvalue weighted by atomic mass is 10.0. The molecule has 1 amide bonds. The number of aryl methyl sites for hydroxylation is 1. The van der Waals surface area contributed by atoms with Crippen molar-refractivity contribution in [2.75, 3.05) is 19.6 Å². The molecule has 2 aromatic rings. The summed E-state index contributed by atoms with van der Waals surface area (Å²) in [5, 5.41) is 3.14. The molecule has 25 heavy (non-hydrogen) atoms. The van der Waals surface area contributed by atoms with Crippen molar-refractivity contribution in [3.63, 3.8) is 0 Å². The number of nitrogens with zero attached hydrogens (tertiary/aromatic N) is 3. The second-order valence-corrected chi connectivity index (χ2v) is 6.78. The topological polar surface area (TPSA) is 50.2 Å². The minimum atomic E-state index is 0.0388. The standard InChI is InChI=1S/C20H28N4O/c1-17-21-11-14-24(17)16-20(25)22-15-19(18-9-5-4-6-10-18)23-12-7-2-3-8-13-23/h4-6,9-11,14,19H,2-3,7-8,12-13,15-16H2,1H3,(H,22,25)/t19-/m0/s1. The fourth-order valence-corrected chi connectivity index (χ4v) is 3.53. The molecule has 0 bridgehead atoms. The van der Waals surface area contributed by atoms with Crippen LogP contribution in [0, 0.1) is 6.92 Å². The molecular formula is C20H28N4O. The summed E-state index contributed by atoms with van der Waals surface area (Å²) in [7, 11) is 0. The van der Waals surface area contributed by atoms with E-state index in [0.717, 1.165) is 18.9 Å². The molecule has 1 atom stereocenters. The Kier molecular flexibility index (Phi) is 6.23. The van der Waals surface area contributed by atoms with E-state index in [1.165, 1.54) is 31.2 Å². The fourth-order valence-electron chi connectivity index (χ4n) is 3.53. The first-order valence-electron chi connectivity index (χ1n) is 9.27. The molecule has 1 saturated heterocycles. The predicted octanol–water partition coefficient (Wildman–Crippen LogP) is 2.93. The zero-order valence-electron chi connectivity index (χ0n) is 15.0. The SMILES string of the molecule is Cc1nccn1CC(=O)NC[C@@H](c1ccccc1)N1CCCCCC1. The van der Waals surface area contributed by atoms with Crippen LogP contribution in [0.1, 0.15) is 43.1 Å². The first kappa shape index (κ1) is 17.7. The van der Waals surface area contributed by atoms with Crippen LogP contribution < -0.4 is 5.32 Å². The number of likely N-dealkylation sites (tertiary alicyclic amines) is 1. The summed E-state index contributed by atoms with van der Waals surface area (Å²) in [6.45, 7) is 5.10. The number of nitrogens with one attached hydrogen (secondary N) is 1. The van der Waals surface area contributed by atoms with Gasteiger partial charge in [-0.2, -0.15) is 0 Å². The molecule has 1 aliphatic rings. The van der Waals surface area contributed by atoms with Crippen LogP contribution in [0.5, 0.6) is 0 Å². The molecule has 1 aliphatic heterocycles. The van der Waals surface area contributed by atoms with E-state index in [1.54, 1.807) is 6.20 Å². The summed E-state index contributed by atoms with van der Waals surface area (Å²) in [5.74, 6) is 0.902. The third-order valence-electron chi connectivity index (χ3n) is 5.00. The monoisotopic (exact) mass is 340 g/mol. The first-order chi connectivity index (χ1) is 12.2. The van der Waals surface area contributed by atoms with Gasteiger partial charge in [0.05, 0.1) is 6.04 Å². The van der Waals surface area contributed by atoms with Gasteiger partial charge >= 0.3 is 0 Å². The third-order valence-corrected chi connectivity index (χ3v) is 5.00. The Bertz CT molecular complexity index is 659. The molecule has 3 rings (SSSR count). The molecular weight excluding hydrogens is 312 g/mol. The molecule has 0 aliphatic carbocycles. The predicted molar refractivity (Wildman–Crippen MR) is 99.2 cm³/mol. The van der Waals surface area contributed by atoms with Crippen molar-refractivity contribution in [1.82, 2.24) is 19.8 Å². The number of carbonyl (C=O) groups is 1. The Balaban J connectivity index is 1.65. The van der Waals surface area contributed by atoms with Gasteiger partial charge in [0.2, 0.25) is 5.91 Å². The van der Waals surface area contributed by atoms with Gasteiger partial charge in [-0.25, -0.2) is 4.98 Å². The van der Waals surface area contributed by atoms with E-state index in [9.17, 15) is 4.79 Å². The Morgan fingerprint density at radius 2 is 1.88 bits per heavy atom. The molecule has 5 nitrogen and oxygen atoms in total.